The first-order chi connectivity index (χ1) is 19.8. The summed E-state index contributed by atoms with van der Waals surface area (Å²) in [5.74, 6) is -1.53. The van der Waals surface area contributed by atoms with Crippen molar-refractivity contribution in [1.29, 1.82) is 0 Å². The molecule has 1 unspecified atom stereocenters. The maximum absolute atomic E-state index is 13.9. The number of aliphatic hydroxyl groups excluding tert-OH is 1. The molecule has 1 fully saturated rings. The molecule has 1 aliphatic rings. The predicted molar refractivity (Wildman–Crippen MR) is 158 cm³/mol. The molecule has 3 aromatic carbocycles. The fourth-order valence-corrected chi connectivity index (χ4v) is 5.86. The zero-order chi connectivity index (χ0) is 29.1. The summed E-state index contributed by atoms with van der Waals surface area (Å²) >= 11 is 7.12. The Balaban J connectivity index is 1.66. The van der Waals surface area contributed by atoms with Crippen LogP contribution in [-0.2, 0) is 9.59 Å². The van der Waals surface area contributed by atoms with E-state index in [0.717, 1.165) is 30.6 Å². The number of aliphatic hydroxyl groups is 1. The van der Waals surface area contributed by atoms with Crippen LogP contribution in [0.4, 0.5) is 9.52 Å². The standard InChI is InChI=1S/C31H28ClFN2O5S/c1-3-5-6-15-40-23-14-9-19(16-24(23)39-4-2)27-26(28(36)18-7-10-20(32)11-8-18)29(37)30(38)35(27)31-34-22-13-12-21(33)17-25(22)41-31/h7-14,16-17,27,36H,3-6,15H2,1-2H3/b28-26+. The number of Topliss-reactive ketones (excluding diaryl/α,β-unsaturated/α-hetero) is 1. The van der Waals surface area contributed by atoms with Gasteiger partial charge in [-0.2, -0.15) is 0 Å². The lowest BCUT2D eigenvalue weighted by Crippen LogP contribution is -2.29. The summed E-state index contributed by atoms with van der Waals surface area (Å²) in [6, 6.07) is 14.6. The molecule has 0 spiro atoms. The zero-order valence-corrected chi connectivity index (χ0v) is 24.1. The van der Waals surface area contributed by atoms with Gasteiger partial charge in [0.15, 0.2) is 16.6 Å². The third-order valence-corrected chi connectivity index (χ3v) is 7.97. The van der Waals surface area contributed by atoms with Crippen molar-refractivity contribution in [3.8, 4) is 11.5 Å². The average Bonchev–Trinajstić information content (AvgIpc) is 3.49. The Labute approximate surface area is 245 Å². The minimum Gasteiger partial charge on any atom is -0.507 e. The number of amides is 1. The van der Waals surface area contributed by atoms with Gasteiger partial charge in [0.1, 0.15) is 11.6 Å². The Morgan fingerprint density at radius 2 is 1.80 bits per heavy atom. The second-order valence-electron chi connectivity index (χ2n) is 9.48. The number of carbonyl (C=O) groups excluding carboxylic acids is 2. The highest BCUT2D eigenvalue weighted by Gasteiger charge is 2.48. The van der Waals surface area contributed by atoms with Crippen molar-refractivity contribution in [2.75, 3.05) is 18.1 Å². The van der Waals surface area contributed by atoms with Crippen LogP contribution in [0, 0.1) is 5.82 Å². The van der Waals surface area contributed by atoms with Gasteiger partial charge in [-0.05, 0) is 73.5 Å². The predicted octanol–water partition coefficient (Wildman–Crippen LogP) is 7.68. The van der Waals surface area contributed by atoms with E-state index >= 15 is 0 Å². The lowest BCUT2D eigenvalue weighted by Gasteiger charge is -2.24. The number of anilines is 1. The number of rotatable bonds is 10. The molecular formula is C31H28ClFN2O5S. The summed E-state index contributed by atoms with van der Waals surface area (Å²) in [7, 11) is 0. The Morgan fingerprint density at radius 1 is 1.02 bits per heavy atom. The molecule has 41 heavy (non-hydrogen) atoms. The van der Waals surface area contributed by atoms with Gasteiger partial charge in [0, 0.05) is 10.6 Å². The molecule has 10 heteroatoms. The summed E-state index contributed by atoms with van der Waals surface area (Å²) < 4.78 is 26.3. The van der Waals surface area contributed by atoms with Gasteiger partial charge in [0.25, 0.3) is 5.78 Å². The molecule has 4 aromatic rings. The topological polar surface area (TPSA) is 89.0 Å². The second-order valence-corrected chi connectivity index (χ2v) is 10.9. The quantitative estimate of drug-likeness (QED) is 0.0876. The zero-order valence-electron chi connectivity index (χ0n) is 22.5. The first-order valence-electron chi connectivity index (χ1n) is 13.3. The number of hydrogen-bond acceptors (Lipinski definition) is 7. The molecule has 0 radical (unpaired) electrons. The normalized spacial score (nSPS) is 16.5. The van der Waals surface area contributed by atoms with Crippen LogP contribution in [-0.4, -0.2) is 35.0 Å². The summed E-state index contributed by atoms with van der Waals surface area (Å²) in [5.41, 5.74) is 1.21. The van der Waals surface area contributed by atoms with Crippen LogP contribution in [0.3, 0.4) is 0 Å². The largest absolute Gasteiger partial charge is 0.507 e. The van der Waals surface area contributed by atoms with Crippen LogP contribution >= 0.6 is 22.9 Å². The molecule has 1 aliphatic heterocycles. The van der Waals surface area contributed by atoms with Gasteiger partial charge in [-0.15, -0.1) is 0 Å². The molecule has 1 aromatic heterocycles. The number of fused-ring (bicyclic) bond motifs is 1. The van der Waals surface area contributed by atoms with E-state index in [9.17, 15) is 19.1 Å². The Kier molecular flexibility index (Phi) is 8.56. The highest BCUT2D eigenvalue weighted by atomic mass is 35.5. The summed E-state index contributed by atoms with van der Waals surface area (Å²) in [6.07, 6.45) is 2.99. The van der Waals surface area contributed by atoms with Crippen molar-refractivity contribution in [2.45, 2.75) is 39.2 Å². The van der Waals surface area contributed by atoms with E-state index < -0.39 is 23.5 Å². The van der Waals surface area contributed by atoms with Crippen molar-refractivity contribution >= 4 is 55.7 Å². The fraction of sp³-hybridized carbons (Fsp3) is 0.258. The highest BCUT2D eigenvalue weighted by molar-refractivity contribution is 7.22. The maximum Gasteiger partial charge on any atom is 0.301 e. The van der Waals surface area contributed by atoms with E-state index in [-0.39, 0.29) is 16.5 Å². The number of ketones is 1. The van der Waals surface area contributed by atoms with Crippen LogP contribution in [0.1, 0.15) is 50.3 Å². The molecule has 0 aliphatic carbocycles. The van der Waals surface area contributed by atoms with Crippen molar-refractivity contribution in [3.05, 3.63) is 88.2 Å². The van der Waals surface area contributed by atoms with Gasteiger partial charge in [-0.1, -0.05) is 48.8 Å². The molecule has 7 nitrogen and oxygen atoms in total. The van der Waals surface area contributed by atoms with Gasteiger partial charge in [0.05, 0.1) is 35.0 Å². The Morgan fingerprint density at radius 3 is 2.54 bits per heavy atom. The van der Waals surface area contributed by atoms with E-state index in [0.29, 0.717) is 51.1 Å². The van der Waals surface area contributed by atoms with Gasteiger partial charge < -0.3 is 14.6 Å². The fourth-order valence-electron chi connectivity index (χ4n) is 4.71. The van der Waals surface area contributed by atoms with Crippen LogP contribution in [0.2, 0.25) is 5.02 Å². The van der Waals surface area contributed by atoms with E-state index in [4.69, 9.17) is 21.1 Å². The number of unbranched alkanes of at least 4 members (excludes halogenated alkanes) is 2. The molecule has 1 saturated heterocycles. The van der Waals surface area contributed by atoms with Gasteiger partial charge in [-0.3, -0.25) is 14.5 Å². The molecule has 5 rings (SSSR count). The van der Waals surface area contributed by atoms with Gasteiger partial charge >= 0.3 is 5.91 Å². The smallest absolute Gasteiger partial charge is 0.301 e. The van der Waals surface area contributed by atoms with Crippen LogP contribution in [0.25, 0.3) is 16.0 Å². The first-order valence-corrected chi connectivity index (χ1v) is 14.5. The summed E-state index contributed by atoms with van der Waals surface area (Å²) in [4.78, 5) is 32.9. The molecule has 2 heterocycles. The first kappa shape index (κ1) is 28.6. The number of nitrogens with zero attached hydrogens (tertiary/aromatic N) is 2. The Bertz CT molecular complexity index is 1640. The number of halogens is 2. The van der Waals surface area contributed by atoms with Crippen molar-refractivity contribution < 1.29 is 28.6 Å². The minimum absolute atomic E-state index is 0.109. The van der Waals surface area contributed by atoms with E-state index in [2.05, 4.69) is 11.9 Å². The molecule has 0 bridgehead atoms. The lowest BCUT2D eigenvalue weighted by atomic mass is 9.95. The molecule has 1 amide bonds. The van der Waals surface area contributed by atoms with Crippen molar-refractivity contribution in [2.24, 2.45) is 0 Å². The molecule has 1 atom stereocenters. The van der Waals surface area contributed by atoms with E-state index in [1.54, 1.807) is 42.5 Å². The number of aromatic nitrogens is 1. The SMILES string of the molecule is CCCCCOc1ccc(C2/C(=C(\O)c3ccc(Cl)cc3)C(=O)C(=O)N2c2nc3ccc(F)cc3s2)cc1OCC. The molecule has 212 valence electrons. The van der Waals surface area contributed by atoms with Crippen molar-refractivity contribution in [1.82, 2.24) is 4.98 Å². The minimum atomic E-state index is -1.04. The number of benzene rings is 3. The number of ether oxygens (including phenoxy) is 2. The lowest BCUT2D eigenvalue weighted by molar-refractivity contribution is -0.132. The Hall–Kier alpha value is -3.95. The molecular weight excluding hydrogens is 567 g/mol. The van der Waals surface area contributed by atoms with Crippen LogP contribution < -0.4 is 14.4 Å². The van der Waals surface area contributed by atoms with E-state index in [1.165, 1.54) is 23.1 Å². The van der Waals surface area contributed by atoms with Gasteiger partial charge in [-0.25, -0.2) is 9.37 Å². The highest BCUT2D eigenvalue weighted by Crippen LogP contribution is 2.46. The van der Waals surface area contributed by atoms with Gasteiger partial charge in [0.2, 0.25) is 0 Å². The average molecular weight is 595 g/mol. The van der Waals surface area contributed by atoms with Crippen LogP contribution in [0.15, 0.2) is 66.2 Å². The molecule has 1 N–H and O–H groups in total. The number of thiazole rings is 1. The second kappa shape index (κ2) is 12.3. The molecule has 0 saturated carbocycles. The third-order valence-electron chi connectivity index (χ3n) is 6.70. The maximum atomic E-state index is 13.9. The summed E-state index contributed by atoms with van der Waals surface area (Å²) in [5, 5.41) is 12.0. The van der Waals surface area contributed by atoms with Crippen LogP contribution in [0.5, 0.6) is 11.5 Å². The summed E-state index contributed by atoms with van der Waals surface area (Å²) in [6.45, 7) is 4.84. The third kappa shape index (κ3) is 5.78. The number of carbonyl (C=O) groups is 2. The monoisotopic (exact) mass is 594 g/mol. The number of hydrogen-bond donors (Lipinski definition) is 1. The van der Waals surface area contributed by atoms with Crippen molar-refractivity contribution in [3.63, 3.8) is 0 Å². The van der Waals surface area contributed by atoms with E-state index in [1.807, 2.05) is 6.92 Å².